The first-order chi connectivity index (χ1) is 10.2. The molecular weight excluding hydrogens is 266 g/mol. The smallest absolute Gasteiger partial charge is 0.255 e. The second kappa shape index (κ2) is 6.96. The standard InChI is InChI=1S/C16H15N3O2/c17-9-12-1-5-14(6-2-12)19-10-13-3-7-15(8-4-13)21-11-16(18)20/h1-8,19H,10-11H2,(H2,18,20). The summed E-state index contributed by atoms with van der Waals surface area (Å²) in [6.45, 7) is 0.533. The van der Waals surface area contributed by atoms with Gasteiger partial charge in [0.1, 0.15) is 5.75 Å². The molecule has 1 amide bonds. The highest BCUT2D eigenvalue weighted by molar-refractivity contribution is 5.75. The molecule has 0 heterocycles. The third-order valence-electron chi connectivity index (χ3n) is 2.82. The molecular formula is C16H15N3O2. The largest absolute Gasteiger partial charge is 0.484 e. The van der Waals surface area contributed by atoms with E-state index in [-0.39, 0.29) is 6.61 Å². The van der Waals surface area contributed by atoms with Crippen molar-refractivity contribution in [2.45, 2.75) is 6.54 Å². The number of nitrogens with one attached hydrogen (secondary N) is 1. The van der Waals surface area contributed by atoms with Crippen LogP contribution in [0.5, 0.6) is 5.75 Å². The van der Waals surface area contributed by atoms with Crippen LogP contribution in [0.4, 0.5) is 5.69 Å². The predicted molar refractivity (Wildman–Crippen MR) is 79.6 cm³/mol. The Bertz CT molecular complexity index is 643. The molecule has 5 nitrogen and oxygen atoms in total. The Kier molecular flexibility index (Phi) is 4.78. The van der Waals surface area contributed by atoms with Gasteiger partial charge in [-0.2, -0.15) is 5.26 Å². The van der Waals surface area contributed by atoms with Gasteiger partial charge < -0.3 is 15.8 Å². The molecule has 0 fully saturated rings. The minimum Gasteiger partial charge on any atom is -0.484 e. The van der Waals surface area contributed by atoms with Gasteiger partial charge in [0.2, 0.25) is 0 Å². The first kappa shape index (κ1) is 14.4. The van der Waals surface area contributed by atoms with Crippen molar-refractivity contribution in [1.29, 1.82) is 5.26 Å². The average Bonchev–Trinajstić information content (AvgIpc) is 2.52. The van der Waals surface area contributed by atoms with E-state index in [2.05, 4.69) is 11.4 Å². The summed E-state index contributed by atoms with van der Waals surface area (Å²) < 4.78 is 5.19. The maximum Gasteiger partial charge on any atom is 0.255 e. The SMILES string of the molecule is N#Cc1ccc(NCc2ccc(OCC(N)=O)cc2)cc1. The van der Waals surface area contributed by atoms with Crippen molar-refractivity contribution in [2.75, 3.05) is 11.9 Å². The van der Waals surface area contributed by atoms with Crippen molar-refractivity contribution in [3.8, 4) is 11.8 Å². The number of amides is 1. The number of carbonyl (C=O) groups is 1. The molecule has 0 radical (unpaired) electrons. The fraction of sp³-hybridized carbons (Fsp3) is 0.125. The molecule has 0 bridgehead atoms. The van der Waals surface area contributed by atoms with Crippen molar-refractivity contribution in [1.82, 2.24) is 0 Å². The van der Waals surface area contributed by atoms with E-state index in [1.807, 2.05) is 24.3 Å². The predicted octanol–water partition coefficient (Wildman–Crippen LogP) is 2.03. The van der Waals surface area contributed by atoms with E-state index in [9.17, 15) is 4.79 Å². The molecule has 2 aromatic rings. The topological polar surface area (TPSA) is 88.1 Å². The van der Waals surface area contributed by atoms with Crippen molar-refractivity contribution in [2.24, 2.45) is 5.73 Å². The Hall–Kier alpha value is -3.00. The summed E-state index contributed by atoms with van der Waals surface area (Å²) >= 11 is 0. The molecule has 0 unspecified atom stereocenters. The van der Waals surface area contributed by atoms with E-state index < -0.39 is 5.91 Å². The molecule has 2 aromatic carbocycles. The lowest BCUT2D eigenvalue weighted by atomic mass is 10.2. The van der Waals surface area contributed by atoms with Crippen LogP contribution in [0.2, 0.25) is 0 Å². The number of primary amides is 1. The Labute approximate surface area is 123 Å². The molecule has 0 aromatic heterocycles. The van der Waals surface area contributed by atoms with Crippen molar-refractivity contribution >= 4 is 11.6 Å². The van der Waals surface area contributed by atoms with Gasteiger partial charge >= 0.3 is 0 Å². The van der Waals surface area contributed by atoms with Gasteiger partial charge in [-0.3, -0.25) is 4.79 Å². The van der Waals surface area contributed by atoms with E-state index in [0.717, 1.165) is 11.3 Å². The van der Waals surface area contributed by atoms with E-state index in [0.29, 0.717) is 17.9 Å². The average molecular weight is 281 g/mol. The van der Waals surface area contributed by atoms with E-state index in [1.54, 1.807) is 24.3 Å². The van der Waals surface area contributed by atoms with Gasteiger partial charge in [0.15, 0.2) is 6.61 Å². The van der Waals surface area contributed by atoms with E-state index >= 15 is 0 Å². The lowest BCUT2D eigenvalue weighted by molar-refractivity contribution is -0.119. The molecule has 0 atom stereocenters. The molecule has 0 spiro atoms. The summed E-state index contributed by atoms with van der Waals surface area (Å²) in [5.41, 5.74) is 7.67. The lowest BCUT2D eigenvalue weighted by Gasteiger charge is -2.08. The molecule has 21 heavy (non-hydrogen) atoms. The normalized spacial score (nSPS) is 9.67. The fourth-order valence-corrected chi connectivity index (χ4v) is 1.72. The highest BCUT2D eigenvalue weighted by Gasteiger charge is 1.99. The Morgan fingerprint density at radius 2 is 1.81 bits per heavy atom. The van der Waals surface area contributed by atoms with E-state index in [4.69, 9.17) is 15.7 Å². The van der Waals surface area contributed by atoms with Gasteiger partial charge in [-0.05, 0) is 42.0 Å². The highest BCUT2D eigenvalue weighted by Crippen LogP contribution is 2.14. The number of nitrogens with two attached hydrogens (primary N) is 1. The zero-order chi connectivity index (χ0) is 15.1. The number of rotatable bonds is 6. The molecule has 106 valence electrons. The summed E-state index contributed by atoms with van der Waals surface area (Å²) in [5, 5.41) is 12.0. The van der Waals surface area contributed by atoms with Crippen LogP contribution in [0, 0.1) is 11.3 Å². The molecule has 5 heteroatoms. The van der Waals surface area contributed by atoms with Crippen LogP contribution < -0.4 is 15.8 Å². The van der Waals surface area contributed by atoms with Crippen LogP contribution in [-0.4, -0.2) is 12.5 Å². The van der Waals surface area contributed by atoms with Crippen molar-refractivity contribution in [3.63, 3.8) is 0 Å². The molecule has 0 saturated heterocycles. The summed E-state index contributed by atoms with van der Waals surface area (Å²) in [6, 6.07) is 16.7. The summed E-state index contributed by atoms with van der Waals surface area (Å²) in [6.07, 6.45) is 0. The number of hydrogen-bond donors (Lipinski definition) is 2. The van der Waals surface area contributed by atoms with Gasteiger partial charge in [0.05, 0.1) is 11.6 Å². The lowest BCUT2D eigenvalue weighted by Crippen LogP contribution is -2.19. The summed E-state index contributed by atoms with van der Waals surface area (Å²) in [4.78, 5) is 10.6. The third-order valence-corrected chi connectivity index (χ3v) is 2.82. The number of benzene rings is 2. The quantitative estimate of drug-likeness (QED) is 0.848. The van der Waals surface area contributed by atoms with Gasteiger partial charge in [-0.1, -0.05) is 12.1 Å². The first-order valence-corrected chi connectivity index (χ1v) is 6.41. The van der Waals surface area contributed by atoms with Crippen LogP contribution in [-0.2, 0) is 11.3 Å². The molecule has 2 rings (SSSR count). The van der Waals surface area contributed by atoms with Crippen LogP contribution >= 0.6 is 0 Å². The molecule has 0 aliphatic rings. The maximum absolute atomic E-state index is 10.6. The zero-order valence-electron chi connectivity index (χ0n) is 11.4. The molecule has 3 N–H and O–H groups in total. The number of nitriles is 1. The Balaban J connectivity index is 1.88. The van der Waals surface area contributed by atoms with Gasteiger partial charge in [-0.25, -0.2) is 0 Å². The number of hydrogen-bond acceptors (Lipinski definition) is 4. The number of nitrogens with zero attached hydrogens (tertiary/aromatic N) is 1. The van der Waals surface area contributed by atoms with Gasteiger partial charge in [0.25, 0.3) is 5.91 Å². The second-order valence-corrected chi connectivity index (χ2v) is 4.44. The minimum absolute atomic E-state index is 0.122. The Morgan fingerprint density at radius 3 is 2.38 bits per heavy atom. The van der Waals surface area contributed by atoms with Crippen LogP contribution in [0.1, 0.15) is 11.1 Å². The van der Waals surface area contributed by atoms with Crippen molar-refractivity contribution < 1.29 is 9.53 Å². The van der Waals surface area contributed by atoms with Gasteiger partial charge in [0, 0.05) is 12.2 Å². The maximum atomic E-state index is 10.6. The highest BCUT2D eigenvalue weighted by atomic mass is 16.5. The third kappa shape index (κ3) is 4.55. The second-order valence-electron chi connectivity index (χ2n) is 4.44. The van der Waals surface area contributed by atoms with E-state index in [1.165, 1.54) is 0 Å². The number of anilines is 1. The van der Waals surface area contributed by atoms with Crippen LogP contribution in [0.25, 0.3) is 0 Å². The van der Waals surface area contributed by atoms with Crippen LogP contribution in [0.3, 0.4) is 0 Å². The molecule has 0 aliphatic heterocycles. The Morgan fingerprint density at radius 1 is 1.14 bits per heavy atom. The van der Waals surface area contributed by atoms with Crippen LogP contribution in [0.15, 0.2) is 48.5 Å². The number of carbonyl (C=O) groups excluding carboxylic acids is 1. The molecule has 0 saturated carbocycles. The van der Waals surface area contributed by atoms with Crippen molar-refractivity contribution in [3.05, 3.63) is 59.7 Å². The summed E-state index contributed by atoms with van der Waals surface area (Å²) in [5.74, 6) is 0.109. The zero-order valence-corrected chi connectivity index (χ0v) is 11.4. The first-order valence-electron chi connectivity index (χ1n) is 6.41. The number of ether oxygens (including phenoxy) is 1. The van der Waals surface area contributed by atoms with Gasteiger partial charge in [-0.15, -0.1) is 0 Å². The minimum atomic E-state index is -0.499. The monoisotopic (exact) mass is 281 g/mol. The molecule has 0 aliphatic carbocycles. The fourth-order valence-electron chi connectivity index (χ4n) is 1.72. The summed E-state index contributed by atoms with van der Waals surface area (Å²) in [7, 11) is 0.